The number of rotatable bonds is 7. The summed E-state index contributed by atoms with van der Waals surface area (Å²) in [5, 5.41) is 3.05. The highest BCUT2D eigenvalue weighted by molar-refractivity contribution is 7.91. The van der Waals surface area contributed by atoms with Gasteiger partial charge in [-0.15, -0.1) is 6.42 Å². The molecule has 1 unspecified atom stereocenters. The van der Waals surface area contributed by atoms with E-state index in [0.717, 1.165) is 12.8 Å². The van der Waals surface area contributed by atoms with Gasteiger partial charge in [0, 0.05) is 12.3 Å². The summed E-state index contributed by atoms with van der Waals surface area (Å²) < 4.78 is 22.3. The average molecular weight is 217 g/mol. The monoisotopic (exact) mass is 217 g/mol. The Morgan fingerprint density at radius 2 is 2.07 bits per heavy atom. The Hall–Kier alpha value is -0.530. The molecule has 0 bridgehead atoms. The van der Waals surface area contributed by atoms with Crippen molar-refractivity contribution in [3.05, 3.63) is 0 Å². The first kappa shape index (κ1) is 13.5. The van der Waals surface area contributed by atoms with E-state index in [-0.39, 0.29) is 17.5 Å². The van der Waals surface area contributed by atoms with Crippen LogP contribution >= 0.6 is 0 Å². The molecule has 0 aromatic carbocycles. The van der Waals surface area contributed by atoms with E-state index in [2.05, 4.69) is 18.2 Å². The highest BCUT2D eigenvalue weighted by Gasteiger charge is 2.08. The van der Waals surface area contributed by atoms with E-state index < -0.39 is 9.84 Å². The van der Waals surface area contributed by atoms with Gasteiger partial charge >= 0.3 is 0 Å². The molecule has 0 saturated carbocycles. The molecule has 1 N–H and O–H groups in total. The second kappa shape index (κ2) is 6.86. The van der Waals surface area contributed by atoms with Crippen LogP contribution in [0.1, 0.15) is 26.7 Å². The van der Waals surface area contributed by atoms with Crippen molar-refractivity contribution >= 4 is 9.84 Å². The van der Waals surface area contributed by atoms with Gasteiger partial charge in [-0.25, -0.2) is 8.42 Å². The van der Waals surface area contributed by atoms with Gasteiger partial charge in [-0.2, -0.15) is 0 Å². The minimum absolute atomic E-state index is 0.00653. The summed E-state index contributed by atoms with van der Waals surface area (Å²) >= 11 is 0. The molecule has 82 valence electrons. The van der Waals surface area contributed by atoms with Crippen LogP contribution in [0.3, 0.4) is 0 Å². The largest absolute Gasteiger partial charge is 0.303 e. The molecule has 0 aliphatic carbocycles. The van der Waals surface area contributed by atoms with Crippen LogP contribution in [-0.4, -0.2) is 32.5 Å². The van der Waals surface area contributed by atoms with Gasteiger partial charge in [-0.1, -0.05) is 26.2 Å². The smallest absolute Gasteiger partial charge is 0.151 e. The maximum Gasteiger partial charge on any atom is 0.151 e. The fraction of sp³-hybridized carbons (Fsp3) is 0.800. The summed E-state index contributed by atoms with van der Waals surface area (Å²) in [6.07, 6.45) is 7.17. The van der Waals surface area contributed by atoms with Crippen molar-refractivity contribution in [2.45, 2.75) is 32.7 Å². The van der Waals surface area contributed by atoms with Crippen molar-refractivity contribution in [3.63, 3.8) is 0 Å². The lowest BCUT2D eigenvalue weighted by Gasteiger charge is -2.11. The predicted molar refractivity (Wildman–Crippen MR) is 59.9 cm³/mol. The molecule has 0 fully saturated rings. The van der Waals surface area contributed by atoms with Crippen LogP contribution in [0.4, 0.5) is 0 Å². The Morgan fingerprint density at radius 1 is 1.43 bits per heavy atom. The lowest BCUT2D eigenvalue weighted by molar-refractivity contribution is 0.566. The Morgan fingerprint density at radius 3 is 2.50 bits per heavy atom. The van der Waals surface area contributed by atoms with E-state index in [4.69, 9.17) is 6.42 Å². The number of nitrogens with one attached hydrogen (secondary N) is 1. The Kier molecular flexibility index (Phi) is 6.60. The molecule has 4 heteroatoms. The minimum atomic E-state index is -2.87. The molecule has 0 rings (SSSR count). The maximum atomic E-state index is 11.1. The first-order valence-electron chi connectivity index (χ1n) is 4.95. The number of hydrogen-bond donors (Lipinski definition) is 1. The second-order valence-electron chi connectivity index (χ2n) is 3.20. The van der Waals surface area contributed by atoms with Gasteiger partial charge in [0.2, 0.25) is 0 Å². The lowest BCUT2D eigenvalue weighted by atomic mass is 10.2. The average Bonchev–Trinajstić information content (AvgIpc) is 2.16. The van der Waals surface area contributed by atoms with Crippen molar-refractivity contribution in [1.82, 2.24) is 5.32 Å². The summed E-state index contributed by atoms with van der Waals surface area (Å²) in [7, 11) is -2.87. The topological polar surface area (TPSA) is 46.2 Å². The second-order valence-corrected chi connectivity index (χ2v) is 5.67. The molecule has 0 heterocycles. The van der Waals surface area contributed by atoms with Crippen molar-refractivity contribution in [1.29, 1.82) is 0 Å². The van der Waals surface area contributed by atoms with E-state index in [9.17, 15) is 8.42 Å². The van der Waals surface area contributed by atoms with Gasteiger partial charge in [0.1, 0.15) is 0 Å². The fourth-order valence-electron chi connectivity index (χ4n) is 1.07. The van der Waals surface area contributed by atoms with Crippen LogP contribution in [0.5, 0.6) is 0 Å². The zero-order chi connectivity index (χ0) is 11.0. The molecule has 14 heavy (non-hydrogen) atoms. The summed E-state index contributed by atoms with van der Waals surface area (Å²) in [5.41, 5.74) is 0. The SMILES string of the molecule is C#CC(CCC)NCCS(=O)(=O)CC. The molecule has 0 aromatic heterocycles. The molecule has 3 nitrogen and oxygen atoms in total. The third-order valence-electron chi connectivity index (χ3n) is 2.02. The third kappa shape index (κ3) is 6.01. The molecular weight excluding hydrogens is 198 g/mol. The zero-order valence-electron chi connectivity index (χ0n) is 8.91. The van der Waals surface area contributed by atoms with Crippen molar-refractivity contribution < 1.29 is 8.42 Å². The van der Waals surface area contributed by atoms with Crippen LogP contribution in [0.25, 0.3) is 0 Å². The molecule has 0 aromatic rings. The van der Waals surface area contributed by atoms with Gasteiger partial charge in [-0.3, -0.25) is 0 Å². The molecule has 0 aliphatic rings. The molecule has 1 atom stereocenters. The number of terminal acetylenes is 1. The van der Waals surface area contributed by atoms with E-state index in [0.29, 0.717) is 6.54 Å². The zero-order valence-corrected chi connectivity index (χ0v) is 9.73. The molecule has 0 amide bonds. The quantitative estimate of drug-likeness (QED) is 0.642. The standard InChI is InChI=1S/C10H19NO2S/c1-4-7-10(5-2)11-8-9-14(12,13)6-3/h2,10-11H,4,6-9H2,1,3H3. The van der Waals surface area contributed by atoms with Gasteiger partial charge in [0.05, 0.1) is 11.8 Å². The maximum absolute atomic E-state index is 11.1. The minimum Gasteiger partial charge on any atom is -0.303 e. The summed E-state index contributed by atoms with van der Waals surface area (Å²) in [6.45, 7) is 4.15. The van der Waals surface area contributed by atoms with Crippen LogP contribution in [0.2, 0.25) is 0 Å². The first-order valence-corrected chi connectivity index (χ1v) is 6.77. The number of sulfone groups is 1. The van der Waals surface area contributed by atoms with Crippen molar-refractivity contribution in [2.75, 3.05) is 18.1 Å². The summed E-state index contributed by atoms with van der Waals surface area (Å²) in [6, 6.07) is 0.00653. The third-order valence-corrected chi connectivity index (χ3v) is 3.73. The van der Waals surface area contributed by atoms with Crippen LogP contribution in [-0.2, 0) is 9.84 Å². The van der Waals surface area contributed by atoms with E-state index >= 15 is 0 Å². The number of hydrogen-bond acceptors (Lipinski definition) is 3. The Labute approximate surface area is 87.2 Å². The van der Waals surface area contributed by atoms with Crippen LogP contribution in [0, 0.1) is 12.3 Å². The molecule has 0 spiro atoms. The van der Waals surface area contributed by atoms with Gasteiger partial charge in [-0.05, 0) is 6.42 Å². The summed E-state index contributed by atoms with van der Waals surface area (Å²) in [5.74, 6) is 2.97. The molecule has 0 saturated heterocycles. The fourth-order valence-corrected chi connectivity index (χ4v) is 1.78. The van der Waals surface area contributed by atoms with Gasteiger partial charge < -0.3 is 5.32 Å². The van der Waals surface area contributed by atoms with Crippen LogP contribution < -0.4 is 5.32 Å². The predicted octanol–water partition coefficient (Wildman–Crippen LogP) is 0.813. The molecule has 0 aliphatic heterocycles. The highest BCUT2D eigenvalue weighted by atomic mass is 32.2. The lowest BCUT2D eigenvalue weighted by Crippen LogP contribution is -2.32. The van der Waals surface area contributed by atoms with Crippen LogP contribution in [0.15, 0.2) is 0 Å². The Bertz CT molecular complexity index is 277. The van der Waals surface area contributed by atoms with E-state index in [1.807, 2.05) is 0 Å². The first-order chi connectivity index (χ1) is 6.55. The van der Waals surface area contributed by atoms with Crippen molar-refractivity contribution in [3.8, 4) is 12.3 Å². The van der Waals surface area contributed by atoms with Crippen molar-refractivity contribution in [2.24, 2.45) is 0 Å². The Balaban J connectivity index is 3.79. The van der Waals surface area contributed by atoms with Gasteiger partial charge in [0.15, 0.2) is 9.84 Å². The highest BCUT2D eigenvalue weighted by Crippen LogP contribution is 1.95. The van der Waals surface area contributed by atoms with Gasteiger partial charge in [0.25, 0.3) is 0 Å². The molecule has 0 radical (unpaired) electrons. The van der Waals surface area contributed by atoms with E-state index in [1.54, 1.807) is 6.92 Å². The molecular formula is C10H19NO2S. The van der Waals surface area contributed by atoms with E-state index in [1.165, 1.54) is 0 Å². The summed E-state index contributed by atoms with van der Waals surface area (Å²) in [4.78, 5) is 0. The normalized spacial score (nSPS) is 13.5.